The van der Waals surface area contributed by atoms with Gasteiger partial charge in [-0.3, -0.25) is 14.5 Å². The summed E-state index contributed by atoms with van der Waals surface area (Å²) in [4.78, 5) is 34.0. The van der Waals surface area contributed by atoms with Gasteiger partial charge in [0.1, 0.15) is 10.8 Å². The summed E-state index contributed by atoms with van der Waals surface area (Å²) in [6.45, 7) is 6.10. The lowest BCUT2D eigenvalue weighted by Crippen LogP contribution is -2.31. The zero-order valence-corrected chi connectivity index (χ0v) is 21.6. The fraction of sp³-hybridized carbons (Fsp3) is 0.167. The second kappa shape index (κ2) is 10.0. The SMILES string of the molecule is CCOc1ccc(C2C(C(=O)c3sc(-c4ccccc4)nc3C)=C(O)C(=O)N2c2ccccc2C)cc1. The van der Waals surface area contributed by atoms with Crippen molar-refractivity contribution in [1.29, 1.82) is 0 Å². The summed E-state index contributed by atoms with van der Waals surface area (Å²) >= 11 is 1.26. The highest BCUT2D eigenvalue weighted by molar-refractivity contribution is 7.17. The van der Waals surface area contributed by atoms with Crippen molar-refractivity contribution in [1.82, 2.24) is 4.98 Å². The minimum atomic E-state index is -0.807. The van der Waals surface area contributed by atoms with E-state index in [1.54, 1.807) is 6.92 Å². The van der Waals surface area contributed by atoms with Gasteiger partial charge in [-0.2, -0.15) is 0 Å². The number of rotatable bonds is 7. The van der Waals surface area contributed by atoms with E-state index in [0.717, 1.165) is 11.1 Å². The first-order valence-electron chi connectivity index (χ1n) is 12.0. The molecule has 0 aliphatic carbocycles. The number of ketones is 1. The Morgan fingerprint density at radius 1 is 1.00 bits per heavy atom. The number of para-hydroxylation sites is 1. The first-order chi connectivity index (χ1) is 17.9. The summed E-state index contributed by atoms with van der Waals surface area (Å²) in [5.41, 5.74) is 3.68. The molecule has 7 heteroatoms. The average molecular weight is 511 g/mol. The van der Waals surface area contributed by atoms with Crippen LogP contribution < -0.4 is 9.64 Å². The third-order valence-electron chi connectivity index (χ3n) is 6.36. The van der Waals surface area contributed by atoms with Crippen LogP contribution in [0.1, 0.15) is 39.5 Å². The minimum absolute atomic E-state index is 0.0452. The molecule has 1 aliphatic rings. The number of carbonyl (C=O) groups is 2. The molecule has 1 N–H and O–H groups in total. The molecule has 2 heterocycles. The number of ether oxygens (including phenoxy) is 1. The summed E-state index contributed by atoms with van der Waals surface area (Å²) < 4.78 is 5.58. The predicted molar refractivity (Wildman–Crippen MR) is 145 cm³/mol. The van der Waals surface area contributed by atoms with Crippen LogP contribution in [-0.4, -0.2) is 28.4 Å². The maximum Gasteiger partial charge on any atom is 0.294 e. The number of aryl methyl sites for hydroxylation is 2. The number of hydrogen-bond donors (Lipinski definition) is 1. The second-order valence-corrected chi connectivity index (χ2v) is 9.76. The molecule has 1 aromatic heterocycles. The van der Waals surface area contributed by atoms with Crippen molar-refractivity contribution < 1.29 is 19.4 Å². The molecule has 0 fully saturated rings. The van der Waals surface area contributed by atoms with Gasteiger partial charge in [0.25, 0.3) is 5.91 Å². The quantitative estimate of drug-likeness (QED) is 0.283. The van der Waals surface area contributed by atoms with Gasteiger partial charge in [0.05, 0.1) is 28.8 Å². The van der Waals surface area contributed by atoms with Crippen LogP contribution in [0.3, 0.4) is 0 Å². The van der Waals surface area contributed by atoms with Crippen LogP contribution in [-0.2, 0) is 4.79 Å². The Hall–Kier alpha value is -4.23. The van der Waals surface area contributed by atoms with Gasteiger partial charge in [-0.1, -0.05) is 60.7 Å². The van der Waals surface area contributed by atoms with Crippen molar-refractivity contribution in [3.05, 3.63) is 112 Å². The molecule has 37 heavy (non-hydrogen) atoms. The minimum Gasteiger partial charge on any atom is -0.503 e. The molecule has 6 nitrogen and oxygen atoms in total. The van der Waals surface area contributed by atoms with Crippen LogP contribution in [0.15, 0.2) is 90.2 Å². The van der Waals surface area contributed by atoms with Crippen molar-refractivity contribution >= 4 is 28.7 Å². The van der Waals surface area contributed by atoms with Crippen molar-refractivity contribution in [2.75, 3.05) is 11.5 Å². The number of anilines is 1. The first kappa shape index (κ1) is 24.5. The van der Waals surface area contributed by atoms with E-state index >= 15 is 0 Å². The zero-order chi connectivity index (χ0) is 26.1. The van der Waals surface area contributed by atoms with Crippen LogP contribution in [0.4, 0.5) is 5.69 Å². The standard InChI is InChI=1S/C30H26N2O4S/c1-4-36-22-16-14-20(15-17-22)25-24(27(34)30(35)32(25)23-13-9-8-10-18(23)2)26(33)28-19(3)31-29(37-28)21-11-6-5-7-12-21/h5-17,25,34H,4H2,1-3H3. The van der Waals surface area contributed by atoms with Gasteiger partial charge in [-0.05, 0) is 50.1 Å². The van der Waals surface area contributed by atoms with Gasteiger partial charge >= 0.3 is 0 Å². The van der Waals surface area contributed by atoms with E-state index in [0.29, 0.717) is 39.2 Å². The third kappa shape index (κ3) is 4.42. The molecule has 0 saturated heterocycles. The molecule has 0 spiro atoms. The fourth-order valence-electron chi connectivity index (χ4n) is 4.58. The average Bonchev–Trinajstić information content (AvgIpc) is 3.42. The highest BCUT2D eigenvalue weighted by atomic mass is 32.1. The third-order valence-corrected chi connectivity index (χ3v) is 7.56. The van der Waals surface area contributed by atoms with Gasteiger partial charge < -0.3 is 9.84 Å². The Kier molecular flexibility index (Phi) is 6.63. The zero-order valence-electron chi connectivity index (χ0n) is 20.8. The Labute approximate surface area is 219 Å². The van der Waals surface area contributed by atoms with Gasteiger partial charge in [0.2, 0.25) is 5.78 Å². The van der Waals surface area contributed by atoms with Crippen LogP contribution in [0.5, 0.6) is 5.75 Å². The smallest absolute Gasteiger partial charge is 0.294 e. The van der Waals surface area contributed by atoms with E-state index in [4.69, 9.17) is 4.74 Å². The number of aromatic nitrogens is 1. The summed E-state index contributed by atoms with van der Waals surface area (Å²) in [5, 5.41) is 11.8. The number of Topliss-reactive ketones (excluding diaryl/α,β-unsaturated/α-hetero) is 1. The molecule has 1 amide bonds. The fourth-order valence-corrected chi connectivity index (χ4v) is 5.61. The predicted octanol–water partition coefficient (Wildman–Crippen LogP) is 6.61. The highest BCUT2D eigenvalue weighted by Gasteiger charge is 2.45. The number of carbonyl (C=O) groups excluding carboxylic acids is 2. The lowest BCUT2D eigenvalue weighted by atomic mass is 9.94. The van der Waals surface area contributed by atoms with E-state index < -0.39 is 23.5 Å². The summed E-state index contributed by atoms with van der Waals surface area (Å²) in [6.07, 6.45) is 0. The molecule has 1 unspecified atom stereocenters. The van der Waals surface area contributed by atoms with Gasteiger partial charge in [-0.25, -0.2) is 4.98 Å². The largest absolute Gasteiger partial charge is 0.503 e. The molecular weight excluding hydrogens is 484 g/mol. The first-order valence-corrected chi connectivity index (χ1v) is 12.8. The Bertz CT molecular complexity index is 1510. The maximum absolute atomic E-state index is 14.0. The number of hydrogen-bond acceptors (Lipinski definition) is 6. The van der Waals surface area contributed by atoms with Crippen LogP contribution >= 0.6 is 11.3 Å². The molecule has 5 rings (SSSR count). The Morgan fingerprint density at radius 3 is 2.35 bits per heavy atom. The van der Waals surface area contributed by atoms with Crippen molar-refractivity contribution in [2.45, 2.75) is 26.8 Å². The number of aliphatic hydroxyl groups excluding tert-OH is 1. The van der Waals surface area contributed by atoms with E-state index in [1.807, 2.05) is 92.7 Å². The van der Waals surface area contributed by atoms with Crippen molar-refractivity contribution in [3.8, 4) is 16.3 Å². The summed E-state index contributed by atoms with van der Waals surface area (Å²) in [7, 11) is 0. The summed E-state index contributed by atoms with van der Waals surface area (Å²) in [5.74, 6) is -0.869. The molecule has 186 valence electrons. The number of thiazole rings is 1. The Morgan fingerprint density at radius 2 is 1.68 bits per heavy atom. The second-order valence-electron chi connectivity index (χ2n) is 8.76. The maximum atomic E-state index is 14.0. The van der Waals surface area contributed by atoms with Crippen LogP contribution in [0, 0.1) is 13.8 Å². The van der Waals surface area contributed by atoms with Gasteiger partial charge in [-0.15, -0.1) is 11.3 Å². The number of amides is 1. The lowest BCUT2D eigenvalue weighted by Gasteiger charge is -2.28. The molecule has 0 bridgehead atoms. The molecule has 4 aromatic rings. The van der Waals surface area contributed by atoms with Gasteiger partial charge in [0, 0.05) is 11.3 Å². The molecule has 0 radical (unpaired) electrons. The molecule has 1 aliphatic heterocycles. The monoisotopic (exact) mass is 510 g/mol. The van der Waals surface area contributed by atoms with Crippen LogP contribution in [0.2, 0.25) is 0 Å². The van der Waals surface area contributed by atoms with E-state index in [9.17, 15) is 14.7 Å². The molecule has 3 aromatic carbocycles. The van der Waals surface area contributed by atoms with E-state index in [-0.39, 0.29) is 5.57 Å². The molecular formula is C30H26N2O4S. The Balaban J connectivity index is 1.63. The van der Waals surface area contributed by atoms with Crippen molar-refractivity contribution in [3.63, 3.8) is 0 Å². The molecule has 0 saturated carbocycles. The topological polar surface area (TPSA) is 79.7 Å². The number of nitrogens with zero attached hydrogens (tertiary/aromatic N) is 2. The van der Waals surface area contributed by atoms with Crippen LogP contribution in [0.25, 0.3) is 10.6 Å². The summed E-state index contributed by atoms with van der Waals surface area (Å²) in [6, 6.07) is 23.5. The lowest BCUT2D eigenvalue weighted by molar-refractivity contribution is -0.117. The number of aliphatic hydroxyl groups is 1. The van der Waals surface area contributed by atoms with Crippen molar-refractivity contribution in [2.24, 2.45) is 0 Å². The van der Waals surface area contributed by atoms with Gasteiger partial charge in [0.15, 0.2) is 5.76 Å². The number of benzene rings is 3. The normalized spacial score (nSPS) is 15.4. The molecule has 1 atom stereocenters. The highest BCUT2D eigenvalue weighted by Crippen LogP contribution is 2.44. The van der Waals surface area contributed by atoms with E-state index in [1.165, 1.54) is 16.2 Å². The van der Waals surface area contributed by atoms with E-state index in [2.05, 4.69) is 4.98 Å².